The normalized spacial score (nSPS) is 9.93. The van der Waals surface area contributed by atoms with Crippen LogP contribution in [0.4, 0.5) is 0 Å². The second-order valence-corrected chi connectivity index (χ2v) is 3.08. The van der Waals surface area contributed by atoms with Crippen LogP contribution in [-0.4, -0.2) is 17.0 Å². The Hall–Kier alpha value is -1.78. The summed E-state index contributed by atoms with van der Waals surface area (Å²) >= 11 is 0. The Labute approximate surface area is 88.0 Å². The van der Waals surface area contributed by atoms with Gasteiger partial charge >= 0.3 is 0 Å². The fourth-order valence-electron chi connectivity index (χ4n) is 1.20. The lowest BCUT2D eigenvalue weighted by atomic mass is 10.3. The van der Waals surface area contributed by atoms with Crippen LogP contribution in [0, 0.1) is 5.41 Å². The van der Waals surface area contributed by atoms with Crippen LogP contribution in [0.5, 0.6) is 5.75 Å². The fourth-order valence-corrected chi connectivity index (χ4v) is 1.20. The third-order valence-electron chi connectivity index (χ3n) is 1.91. The van der Waals surface area contributed by atoms with Gasteiger partial charge in [0.05, 0.1) is 12.4 Å². The predicted octanol–water partition coefficient (Wildman–Crippen LogP) is 0.573. The van der Waals surface area contributed by atoms with Gasteiger partial charge in [0, 0.05) is 19.2 Å². The molecule has 0 bridgehead atoms. The maximum absolute atomic E-state index is 11.7. The molecule has 0 fully saturated rings. The summed E-state index contributed by atoms with van der Waals surface area (Å²) in [6.45, 7) is 2.70. The number of rotatable bonds is 5. The van der Waals surface area contributed by atoms with E-state index in [4.69, 9.17) is 15.9 Å². The maximum atomic E-state index is 11.7. The first kappa shape index (κ1) is 11.3. The predicted molar refractivity (Wildman–Crippen MR) is 58.4 cm³/mol. The molecule has 0 saturated carbocycles. The van der Waals surface area contributed by atoms with Crippen molar-refractivity contribution in [1.29, 1.82) is 5.41 Å². The first-order valence-corrected chi connectivity index (χ1v) is 4.80. The fraction of sp³-hybridized carbons (Fsp3) is 0.400. The second-order valence-electron chi connectivity index (χ2n) is 3.08. The Kier molecular flexibility index (Phi) is 3.91. The van der Waals surface area contributed by atoms with Crippen molar-refractivity contribution >= 4 is 5.84 Å². The van der Waals surface area contributed by atoms with Crippen molar-refractivity contribution in [2.24, 2.45) is 5.73 Å². The molecule has 15 heavy (non-hydrogen) atoms. The van der Waals surface area contributed by atoms with Gasteiger partial charge < -0.3 is 15.0 Å². The zero-order valence-electron chi connectivity index (χ0n) is 8.69. The van der Waals surface area contributed by atoms with Crippen LogP contribution < -0.4 is 16.0 Å². The number of ether oxygens (including phenoxy) is 1. The summed E-state index contributed by atoms with van der Waals surface area (Å²) in [5.41, 5.74) is 5.04. The highest BCUT2D eigenvalue weighted by Crippen LogP contribution is 2.01. The highest BCUT2D eigenvalue weighted by atomic mass is 16.5. The number of aryl methyl sites for hydroxylation is 1. The van der Waals surface area contributed by atoms with Crippen LogP contribution in [0.15, 0.2) is 23.1 Å². The number of nitrogens with two attached hydrogens (primary N) is 1. The zero-order valence-corrected chi connectivity index (χ0v) is 8.69. The van der Waals surface area contributed by atoms with Gasteiger partial charge in [0.25, 0.3) is 5.56 Å². The van der Waals surface area contributed by atoms with Gasteiger partial charge in [-0.15, -0.1) is 0 Å². The van der Waals surface area contributed by atoms with Gasteiger partial charge in [-0.3, -0.25) is 10.2 Å². The zero-order chi connectivity index (χ0) is 11.3. The molecule has 0 atom stereocenters. The van der Waals surface area contributed by atoms with E-state index in [1.807, 2.05) is 6.92 Å². The molecule has 3 N–H and O–H groups in total. The standard InChI is InChI=1S/C10H15N3O2/c1-2-15-8-4-3-6-13(10(8)14)7-5-9(11)12/h3-4,6H,2,5,7H2,1H3,(H3,11,12). The summed E-state index contributed by atoms with van der Waals surface area (Å²) in [5.74, 6) is 0.410. The average molecular weight is 209 g/mol. The molecule has 0 aliphatic heterocycles. The van der Waals surface area contributed by atoms with E-state index in [2.05, 4.69) is 0 Å². The topological polar surface area (TPSA) is 81.1 Å². The number of nitrogens with one attached hydrogen (secondary N) is 1. The molecule has 0 radical (unpaired) electrons. The van der Waals surface area contributed by atoms with E-state index in [9.17, 15) is 4.79 Å². The molecule has 1 rings (SSSR count). The monoisotopic (exact) mass is 209 g/mol. The third kappa shape index (κ3) is 3.12. The Morgan fingerprint density at radius 1 is 1.67 bits per heavy atom. The smallest absolute Gasteiger partial charge is 0.292 e. The van der Waals surface area contributed by atoms with Crippen molar-refractivity contribution < 1.29 is 4.74 Å². The Morgan fingerprint density at radius 3 is 3.00 bits per heavy atom. The minimum absolute atomic E-state index is 0.0729. The van der Waals surface area contributed by atoms with Crippen molar-refractivity contribution in [3.8, 4) is 5.75 Å². The second kappa shape index (κ2) is 5.19. The summed E-state index contributed by atoms with van der Waals surface area (Å²) in [6, 6.07) is 3.38. The molecule has 0 unspecified atom stereocenters. The highest BCUT2D eigenvalue weighted by molar-refractivity contribution is 5.76. The Morgan fingerprint density at radius 2 is 2.40 bits per heavy atom. The lowest BCUT2D eigenvalue weighted by Crippen LogP contribution is -2.23. The summed E-state index contributed by atoms with van der Waals surface area (Å²) < 4.78 is 6.66. The van der Waals surface area contributed by atoms with E-state index < -0.39 is 0 Å². The molecular weight excluding hydrogens is 194 g/mol. The highest BCUT2D eigenvalue weighted by Gasteiger charge is 2.03. The van der Waals surface area contributed by atoms with Gasteiger partial charge in [-0.1, -0.05) is 0 Å². The number of hydrogen-bond acceptors (Lipinski definition) is 3. The van der Waals surface area contributed by atoms with Gasteiger partial charge in [0.15, 0.2) is 5.75 Å². The van der Waals surface area contributed by atoms with Crippen LogP contribution in [0.25, 0.3) is 0 Å². The molecule has 82 valence electrons. The first-order chi connectivity index (χ1) is 7.15. The molecule has 5 nitrogen and oxygen atoms in total. The third-order valence-corrected chi connectivity index (χ3v) is 1.91. The summed E-state index contributed by atoms with van der Waals surface area (Å²) in [4.78, 5) is 11.7. The molecule has 5 heteroatoms. The molecule has 1 aromatic heterocycles. The van der Waals surface area contributed by atoms with Gasteiger partial charge in [-0.05, 0) is 19.1 Å². The van der Waals surface area contributed by atoms with E-state index in [0.717, 1.165) is 0 Å². The lowest BCUT2D eigenvalue weighted by Gasteiger charge is -2.07. The van der Waals surface area contributed by atoms with E-state index in [0.29, 0.717) is 25.3 Å². The number of nitrogens with zero attached hydrogens (tertiary/aromatic N) is 1. The molecule has 0 aromatic carbocycles. The summed E-state index contributed by atoms with van der Waals surface area (Å²) in [5, 5.41) is 7.08. The molecule has 0 saturated heterocycles. The van der Waals surface area contributed by atoms with Crippen LogP contribution >= 0.6 is 0 Å². The molecule has 0 amide bonds. The van der Waals surface area contributed by atoms with Crippen molar-refractivity contribution in [3.63, 3.8) is 0 Å². The minimum atomic E-state index is -0.180. The summed E-state index contributed by atoms with van der Waals surface area (Å²) in [7, 11) is 0. The average Bonchev–Trinajstić information content (AvgIpc) is 2.19. The number of hydrogen-bond donors (Lipinski definition) is 2. The van der Waals surface area contributed by atoms with E-state index in [1.165, 1.54) is 4.57 Å². The lowest BCUT2D eigenvalue weighted by molar-refractivity contribution is 0.332. The van der Waals surface area contributed by atoms with Crippen molar-refractivity contribution in [3.05, 3.63) is 28.7 Å². The Bertz CT molecular complexity index is 398. The quantitative estimate of drug-likeness (QED) is 0.549. The van der Waals surface area contributed by atoms with Gasteiger partial charge in [-0.25, -0.2) is 0 Å². The molecular formula is C10H15N3O2. The van der Waals surface area contributed by atoms with Crippen LogP contribution in [0.1, 0.15) is 13.3 Å². The summed E-state index contributed by atoms with van der Waals surface area (Å²) in [6.07, 6.45) is 2.03. The van der Waals surface area contributed by atoms with Crippen molar-refractivity contribution in [2.45, 2.75) is 19.9 Å². The number of pyridine rings is 1. The molecule has 1 heterocycles. The maximum Gasteiger partial charge on any atom is 0.292 e. The van der Waals surface area contributed by atoms with Crippen molar-refractivity contribution in [2.75, 3.05) is 6.61 Å². The minimum Gasteiger partial charge on any atom is -0.488 e. The van der Waals surface area contributed by atoms with Gasteiger partial charge in [0.1, 0.15) is 0 Å². The SMILES string of the molecule is CCOc1cccn(CCC(=N)N)c1=O. The van der Waals surface area contributed by atoms with Crippen LogP contribution in [0.3, 0.4) is 0 Å². The molecule has 0 spiro atoms. The van der Waals surface area contributed by atoms with Crippen LogP contribution in [0.2, 0.25) is 0 Å². The molecule has 0 aliphatic rings. The Balaban J connectivity index is 2.84. The van der Waals surface area contributed by atoms with E-state index >= 15 is 0 Å². The largest absolute Gasteiger partial charge is 0.488 e. The van der Waals surface area contributed by atoms with E-state index in [1.54, 1.807) is 18.3 Å². The van der Waals surface area contributed by atoms with Crippen molar-refractivity contribution in [1.82, 2.24) is 4.57 Å². The molecule has 1 aromatic rings. The number of amidine groups is 1. The van der Waals surface area contributed by atoms with Gasteiger partial charge in [0.2, 0.25) is 0 Å². The van der Waals surface area contributed by atoms with Gasteiger partial charge in [-0.2, -0.15) is 0 Å². The van der Waals surface area contributed by atoms with E-state index in [-0.39, 0.29) is 11.4 Å². The number of aromatic nitrogens is 1. The van der Waals surface area contributed by atoms with Crippen LogP contribution in [-0.2, 0) is 6.54 Å². The first-order valence-electron chi connectivity index (χ1n) is 4.80. The molecule has 0 aliphatic carbocycles.